The molecule has 0 atom stereocenters. The summed E-state index contributed by atoms with van der Waals surface area (Å²) in [6.07, 6.45) is 0. The summed E-state index contributed by atoms with van der Waals surface area (Å²) >= 11 is 0. The van der Waals surface area contributed by atoms with E-state index in [0.29, 0.717) is 6.54 Å². The van der Waals surface area contributed by atoms with E-state index in [0.717, 1.165) is 31.9 Å². The molecule has 1 aromatic carbocycles. The molecule has 8 heteroatoms. The molecule has 1 aliphatic rings. The number of nitrogens with zero attached hydrogens (tertiary/aromatic N) is 3. The van der Waals surface area contributed by atoms with Crippen LogP contribution >= 0.6 is 0 Å². The molecule has 1 amide bonds. The number of rotatable bonds is 6. The zero-order chi connectivity index (χ0) is 17.7. The van der Waals surface area contributed by atoms with Gasteiger partial charge in [-0.25, -0.2) is 0 Å². The molecule has 0 aromatic heterocycles. The zero-order valence-electron chi connectivity index (χ0n) is 14.3. The molecule has 8 nitrogen and oxygen atoms in total. The fourth-order valence-corrected chi connectivity index (χ4v) is 2.75. The van der Waals surface area contributed by atoms with Crippen molar-refractivity contribution in [2.24, 2.45) is 0 Å². The van der Waals surface area contributed by atoms with Crippen molar-refractivity contribution in [1.82, 2.24) is 10.2 Å². The third-order valence-electron chi connectivity index (χ3n) is 3.91. The van der Waals surface area contributed by atoms with Crippen molar-refractivity contribution < 1.29 is 14.5 Å². The van der Waals surface area contributed by atoms with E-state index in [1.54, 1.807) is 12.1 Å². The number of methoxy groups -OCH3 is 1. The Morgan fingerprint density at radius 2 is 2.00 bits per heavy atom. The maximum absolute atomic E-state index is 11.8. The van der Waals surface area contributed by atoms with Gasteiger partial charge in [-0.15, -0.1) is 0 Å². The van der Waals surface area contributed by atoms with E-state index in [1.807, 2.05) is 13.8 Å². The van der Waals surface area contributed by atoms with Gasteiger partial charge in [0.05, 0.1) is 18.6 Å². The lowest BCUT2D eigenvalue weighted by Crippen LogP contribution is -2.50. The summed E-state index contributed by atoms with van der Waals surface area (Å²) in [6.45, 7) is 7.34. The Labute approximate surface area is 141 Å². The van der Waals surface area contributed by atoms with Gasteiger partial charge in [0.2, 0.25) is 5.91 Å². The summed E-state index contributed by atoms with van der Waals surface area (Å²) in [5.74, 6) is 0.298. The summed E-state index contributed by atoms with van der Waals surface area (Å²) in [4.78, 5) is 26.6. The third kappa shape index (κ3) is 4.58. The second-order valence-electron chi connectivity index (χ2n) is 6.10. The second kappa shape index (κ2) is 7.96. The number of nitro benzene ring substituents is 1. The molecule has 0 saturated carbocycles. The van der Waals surface area contributed by atoms with Crippen LogP contribution in [0.1, 0.15) is 13.8 Å². The monoisotopic (exact) mass is 336 g/mol. The van der Waals surface area contributed by atoms with Crippen molar-refractivity contribution >= 4 is 17.3 Å². The van der Waals surface area contributed by atoms with Gasteiger partial charge in [0, 0.05) is 50.0 Å². The zero-order valence-corrected chi connectivity index (χ0v) is 14.3. The van der Waals surface area contributed by atoms with E-state index in [-0.39, 0.29) is 23.4 Å². The smallest absolute Gasteiger partial charge is 0.311 e. The lowest BCUT2D eigenvalue weighted by molar-refractivity contribution is -0.385. The van der Waals surface area contributed by atoms with Crippen molar-refractivity contribution in [2.75, 3.05) is 44.7 Å². The first kappa shape index (κ1) is 18.0. The first-order chi connectivity index (χ1) is 11.4. The fraction of sp³-hybridized carbons (Fsp3) is 0.562. The SMILES string of the molecule is COc1cc(N2CCN(CC(=O)NC(C)C)CC2)ccc1[N+](=O)[O-]. The van der Waals surface area contributed by atoms with Gasteiger partial charge in [-0.05, 0) is 19.9 Å². The van der Waals surface area contributed by atoms with Gasteiger partial charge in [0.25, 0.3) is 0 Å². The number of amides is 1. The van der Waals surface area contributed by atoms with Crippen LogP contribution in [0, 0.1) is 10.1 Å². The number of piperazine rings is 1. The Hall–Kier alpha value is -2.35. The van der Waals surface area contributed by atoms with Gasteiger partial charge in [-0.1, -0.05) is 0 Å². The first-order valence-corrected chi connectivity index (χ1v) is 7.99. The fourth-order valence-electron chi connectivity index (χ4n) is 2.75. The Morgan fingerprint density at radius 3 is 2.54 bits per heavy atom. The minimum atomic E-state index is -0.451. The number of carbonyl (C=O) groups is 1. The van der Waals surface area contributed by atoms with Crippen molar-refractivity contribution in [1.29, 1.82) is 0 Å². The minimum absolute atomic E-state index is 0.0368. The van der Waals surface area contributed by atoms with Crippen LogP contribution in [-0.4, -0.2) is 61.6 Å². The molecule has 1 heterocycles. The molecule has 24 heavy (non-hydrogen) atoms. The van der Waals surface area contributed by atoms with Crippen LogP contribution < -0.4 is 15.0 Å². The number of nitrogens with one attached hydrogen (secondary N) is 1. The Bertz CT molecular complexity index is 598. The normalized spacial score (nSPS) is 15.4. The van der Waals surface area contributed by atoms with Crippen molar-refractivity contribution in [3.05, 3.63) is 28.3 Å². The van der Waals surface area contributed by atoms with Gasteiger partial charge >= 0.3 is 5.69 Å². The number of ether oxygens (including phenoxy) is 1. The first-order valence-electron chi connectivity index (χ1n) is 7.99. The number of anilines is 1. The Morgan fingerprint density at radius 1 is 1.33 bits per heavy atom. The number of hydrogen-bond donors (Lipinski definition) is 1. The molecule has 0 spiro atoms. The van der Waals surface area contributed by atoms with E-state index in [1.165, 1.54) is 13.2 Å². The quantitative estimate of drug-likeness (QED) is 0.621. The second-order valence-corrected chi connectivity index (χ2v) is 6.10. The van der Waals surface area contributed by atoms with Crippen molar-refractivity contribution in [3.63, 3.8) is 0 Å². The molecule has 2 rings (SSSR count). The summed E-state index contributed by atoms with van der Waals surface area (Å²) in [5.41, 5.74) is 0.856. The summed E-state index contributed by atoms with van der Waals surface area (Å²) in [7, 11) is 1.43. The molecule has 1 fully saturated rings. The number of hydrogen-bond acceptors (Lipinski definition) is 6. The molecular formula is C16H24N4O4. The van der Waals surface area contributed by atoms with E-state index in [2.05, 4.69) is 15.1 Å². The third-order valence-corrected chi connectivity index (χ3v) is 3.91. The highest BCUT2D eigenvalue weighted by molar-refractivity contribution is 5.78. The highest BCUT2D eigenvalue weighted by atomic mass is 16.6. The van der Waals surface area contributed by atoms with Crippen molar-refractivity contribution in [3.8, 4) is 5.75 Å². The molecule has 132 valence electrons. The summed E-state index contributed by atoms with van der Waals surface area (Å²) in [6, 6.07) is 5.05. The topological polar surface area (TPSA) is 88.0 Å². The maximum Gasteiger partial charge on any atom is 0.311 e. The number of carbonyl (C=O) groups excluding carboxylic acids is 1. The van der Waals surface area contributed by atoms with Gasteiger partial charge < -0.3 is 15.0 Å². The van der Waals surface area contributed by atoms with Crippen LogP contribution in [0.5, 0.6) is 5.75 Å². The lowest BCUT2D eigenvalue weighted by Gasteiger charge is -2.35. The molecule has 0 bridgehead atoms. The van der Waals surface area contributed by atoms with Crippen LogP contribution in [0.3, 0.4) is 0 Å². The summed E-state index contributed by atoms with van der Waals surface area (Å²) < 4.78 is 5.12. The molecule has 0 aliphatic carbocycles. The van der Waals surface area contributed by atoms with E-state index in [9.17, 15) is 14.9 Å². The molecule has 0 unspecified atom stereocenters. The standard InChI is InChI=1S/C16H24N4O4/c1-12(2)17-16(21)11-18-6-8-19(9-7-18)13-4-5-14(20(22)23)15(10-13)24-3/h4-5,10,12H,6-9,11H2,1-3H3,(H,17,21). The van der Waals surface area contributed by atoms with E-state index >= 15 is 0 Å². The van der Waals surface area contributed by atoms with Crippen LogP contribution in [0.2, 0.25) is 0 Å². The minimum Gasteiger partial charge on any atom is -0.490 e. The molecular weight excluding hydrogens is 312 g/mol. The Kier molecular flexibility index (Phi) is 5.97. The molecule has 0 radical (unpaired) electrons. The average molecular weight is 336 g/mol. The maximum atomic E-state index is 11.8. The van der Waals surface area contributed by atoms with Crippen LogP contribution in [-0.2, 0) is 4.79 Å². The van der Waals surface area contributed by atoms with Gasteiger partial charge in [-0.3, -0.25) is 19.8 Å². The largest absolute Gasteiger partial charge is 0.490 e. The number of nitro groups is 1. The predicted molar refractivity (Wildman–Crippen MR) is 91.6 cm³/mol. The summed E-state index contributed by atoms with van der Waals surface area (Å²) in [5, 5.41) is 13.8. The van der Waals surface area contributed by atoms with E-state index < -0.39 is 4.92 Å². The lowest BCUT2D eigenvalue weighted by atomic mass is 10.2. The molecule has 1 aliphatic heterocycles. The predicted octanol–water partition coefficient (Wildman–Crippen LogP) is 1.25. The van der Waals surface area contributed by atoms with Crippen molar-refractivity contribution in [2.45, 2.75) is 19.9 Å². The van der Waals surface area contributed by atoms with Crippen LogP contribution in [0.25, 0.3) is 0 Å². The van der Waals surface area contributed by atoms with Gasteiger partial charge in [0.15, 0.2) is 5.75 Å². The number of benzene rings is 1. The average Bonchev–Trinajstić information content (AvgIpc) is 2.54. The highest BCUT2D eigenvalue weighted by Gasteiger charge is 2.22. The van der Waals surface area contributed by atoms with E-state index in [4.69, 9.17) is 4.74 Å². The molecule has 1 N–H and O–H groups in total. The van der Waals surface area contributed by atoms with Crippen LogP contribution in [0.15, 0.2) is 18.2 Å². The van der Waals surface area contributed by atoms with Crippen LogP contribution in [0.4, 0.5) is 11.4 Å². The molecule has 1 saturated heterocycles. The van der Waals surface area contributed by atoms with Gasteiger partial charge in [0.1, 0.15) is 0 Å². The van der Waals surface area contributed by atoms with Gasteiger partial charge in [-0.2, -0.15) is 0 Å². The highest BCUT2D eigenvalue weighted by Crippen LogP contribution is 2.31. The Balaban J connectivity index is 1.95. The molecule has 1 aromatic rings.